The van der Waals surface area contributed by atoms with E-state index in [1.54, 1.807) is 0 Å². The summed E-state index contributed by atoms with van der Waals surface area (Å²) in [6.45, 7) is 8.59. The molecule has 0 saturated heterocycles. The van der Waals surface area contributed by atoms with Gasteiger partial charge >= 0.3 is 0 Å². The largest absolute Gasteiger partial charge is 0.338 e. The molecule has 0 spiro atoms. The molecule has 256 valence electrons. The topological polar surface area (TPSA) is 3.24 Å². The normalized spacial score (nSPS) is 16.1. The summed E-state index contributed by atoms with van der Waals surface area (Å²) >= 11 is 0. The number of aryl methyl sites for hydroxylation is 4. The van der Waals surface area contributed by atoms with E-state index in [9.17, 15) is 0 Å². The van der Waals surface area contributed by atoms with Gasteiger partial charge in [-0.15, -0.1) is 0 Å². The Morgan fingerprint density at radius 2 is 1.00 bits per heavy atom. The van der Waals surface area contributed by atoms with E-state index in [1.165, 1.54) is 103 Å². The van der Waals surface area contributed by atoms with Crippen LogP contribution in [0.3, 0.4) is 0 Å². The van der Waals surface area contributed by atoms with Crippen LogP contribution in [0.2, 0.25) is 0 Å². The Balaban J connectivity index is 1.08. The third-order valence-corrected chi connectivity index (χ3v) is 11.0. The molecule has 0 radical (unpaired) electrons. The van der Waals surface area contributed by atoms with Crippen molar-refractivity contribution in [2.24, 2.45) is 0 Å². The highest BCUT2D eigenvalue weighted by atomic mass is 15.2. The fourth-order valence-electron chi connectivity index (χ4n) is 8.09. The Morgan fingerprint density at radius 1 is 0.519 bits per heavy atom. The quantitative estimate of drug-likeness (QED) is 0.115. The van der Waals surface area contributed by atoms with Crippen LogP contribution >= 0.6 is 0 Å². The molecule has 1 heteroatoms. The highest BCUT2D eigenvalue weighted by molar-refractivity contribution is 5.92. The molecule has 0 aromatic heterocycles. The van der Waals surface area contributed by atoms with Crippen molar-refractivity contribution in [2.75, 3.05) is 4.90 Å². The molecule has 1 heterocycles. The van der Waals surface area contributed by atoms with Crippen LogP contribution in [-0.2, 0) is 0 Å². The fourth-order valence-corrected chi connectivity index (χ4v) is 8.09. The number of nitrogens with zero attached hydrogens (tertiary/aromatic N) is 1. The minimum atomic E-state index is 0.513. The number of hydrogen-bond donors (Lipinski definition) is 0. The molecule has 0 bridgehead atoms. The van der Waals surface area contributed by atoms with Gasteiger partial charge in [0.25, 0.3) is 0 Å². The van der Waals surface area contributed by atoms with E-state index in [0.717, 1.165) is 0 Å². The zero-order valence-corrected chi connectivity index (χ0v) is 30.8. The minimum absolute atomic E-state index is 0.513. The van der Waals surface area contributed by atoms with Crippen molar-refractivity contribution in [1.29, 1.82) is 0 Å². The van der Waals surface area contributed by atoms with Crippen LogP contribution in [0.15, 0.2) is 152 Å². The maximum absolute atomic E-state index is 2.63. The van der Waals surface area contributed by atoms with Crippen LogP contribution in [0.25, 0.3) is 23.3 Å². The van der Waals surface area contributed by atoms with E-state index in [-0.39, 0.29) is 0 Å². The van der Waals surface area contributed by atoms with Crippen LogP contribution in [0.4, 0.5) is 11.4 Å². The molecule has 1 aliphatic carbocycles. The third-order valence-electron chi connectivity index (χ3n) is 11.0. The summed E-state index contributed by atoms with van der Waals surface area (Å²) in [6, 6.07) is 52.4. The monoisotopic (exact) mass is 673 g/mol. The van der Waals surface area contributed by atoms with Crippen molar-refractivity contribution >= 4 is 34.7 Å². The smallest absolute Gasteiger partial charge is 0.0450 e. The summed E-state index contributed by atoms with van der Waals surface area (Å²) < 4.78 is 0. The van der Waals surface area contributed by atoms with Crippen LogP contribution in [0, 0.1) is 27.7 Å². The van der Waals surface area contributed by atoms with Gasteiger partial charge in [0, 0.05) is 23.3 Å². The molecule has 0 N–H and O–H groups in total. The molecular formula is C51H47N. The lowest BCUT2D eigenvalue weighted by atomic mass is 9.92. The maximum Gasteiger partial charge on any atom is 0.0450 e. The van der Waals surface area contributed by atoms with Gasteiger partial charge in [0.2, 0.25) is 0 Å². The predicted octanol–water partition coefficient (Wildman–Crippen LogP) is 13.4. The fraction of sp³-hybridized carbons (Fsp3) is 0.176. The third kappa shape index (κ3) is 6.97. The highest BCUT2D eigenvalue weighted by Gasteiger charge is 2.42. The predicted molar refractivity (Wildman–Crippen MR) is 223 cm³/mol. The van der Waals surface area contributed by atoms with Gasteiger partial charge in [-0.25, -0.2) is 0 Å². The van der Waals surface area contributed by atoms with Gasteiger partial charge in [0.05, 0.1) is 0 Å². The molecule has 8 rings (SSSR count). The van der Waals surface area contributed by atoms with Crippen molar-refractivity contribution in [1.82, 2.24) is 0 Å². The lowest BCUT2D eigenvalue weighted by Crippen LogP contribution is -2.26. The second-order valence-corrected chi connectivity index (χ2v) is 14.8. The van der Waals surface area contributed by atoms with E-state index in [2.05, 4.69) is 196 Å². The number of benzene rings is 6. The Bertz CT molecular complexity index is 2170. The lowest BCUT2D eigenvalue weighted by Gasteiger charge is -2.27. The van der Waals surface area contributed by atoms with Crippen LogP contribution in [0.5, 0.6) is 0 Å². The average molecular weight is 674 g/mol. The van der Waals surface area contributed by atoms with E-state index in [1.807, 2.05) is 0 Å². The lowest BCUT2D eigenvalue weighted by molar-refractivity contribution is 0.642. The summed E-state index contributed by atoms with van der Waals surface area (Å²) in [5.74, 6) is 0.567. The van der Waals surface area contributed by atoms with Crippen molar-refractivity contribution in [2.45, 2.75) is 58.9 Å². The molecule has 6 aromatic carbocycles. The van der Waals surface area contributed by atoms with Crippen LogP contribution in [-0.4, -0.2) is 6.04 Å². The summed E-state index contributed by atoms with van der Waals surface area (Å²) in [5.41, 5.74) is 19.2. The number of fused-ring (bicyclic) bond motifs is 3. The minimum Gasteiger partial charge on any atom is -0.338 e. The molecule has 1 saturated carbocycles. The Labute approximate surface area is 310 Å². The van der Waals surface area contributed by atoms with Gasteiger partial charge in [0.1, 0.15) is 0 Å². The van der Waals surface area contributed by atoms with Gasteiger partial charge in [-0.2, -0.15) is 0 Å². The molecule has 0 amide bonds. The molecule has 52 heavy (non-hydrogen) atoms. The molecule has 1 nitrogen and oxygen atoms in total. The summed E-state index contributed by atoms with van der Waals surface area (Å²) in [6.07, 6.45) is 12.8. The van der Waals surface area contributed by atoms with E-state index in [0.29, 0.717) is 12.0 Å². The first-order chi connectivity index (χ1) is 25.4. The summed E-state index contributed by atoms with van der Waals surface area (Å²) in [7, 11) is 0. The molecule has 2 atom stereocenters. The Hall–Kier alpha value is -5.66. The standard InChI is InChI=1S/C51H47N/c1-35-11-22-41(23-12-35)46(42-24-13-36(2)14-25-42)8-5-7-39-19-30-45(31-20-39)52-50-10-6-9-47(50)49-34-40(21-32-51(49)52)33-48(43-26-15-37(3)16-27-43)44-28-17-38(4)18-29-44/h5,7-8,11-34,47,50H,6,9-10H2,1-4H3/b7-5+. The van der Waals surface area contributed by atoms with Gasteiger partial charge in [-0.05, 0) is 121 Å². The first-order valence-electron chi connectivity index (χ1n) is 18.8. The first-order valence-corrected chi connectivity index (χ1v) is 18.8. The first kappa shape index (κ1) is 33.5. The van der Waals surface area contributed by atoms with Gasteiger partial charge < -0.3 is 4.90 Å². The van der Waals surface area contributed by atoms with Gasteiger partial charge in [-0.3, -0.25) is 0 Å². The molecular weight excluding hydrogens is 627 g/mol. The highest BCUT2D eigenvalue weighted by Crippen LogP contribution is 2.52. The Morgan fingerprint density at radius 3 is 1.52 bits per heavy atom. The molecule has 1 fully saturated rings. The van der Waals surface area contributed by atoms with Crippen molar-refractivity contribution in [3.63, 3.8) is 0 Å². The van der Waals surface area contributed by atoms with E-state index >= 15 is 0 Å². The van der Waals surface area contributed by atoms with Gasteiger partial charge in [-0.1, -0.05) is 162 Å². The SMILES string of the molecule is Cc1ccc(C(=C/C=C/c2ccc(N3c4ccc(C=C(c5ccc(C)cc5)c5ccc(C)cc5)cc4C4CCCC43)cc2)c2ccc(C)cc2)cc1. The second kappa shape index (κ2) is 14.5. The van der Waals surface area contributed by atoms with Gasteiger partial charge in [0.15, 0.2) is 0 Å². The van der Waals surface area contributed by atoms with E-state index < -0.39 is 0 Å². The van der Waals surface area contributed by atoms with Crippen LogP contribution < -0.4 is 4.90 Å². The molecule has 2 aliphatic rings. The second-order valence-electron chi connectivity index (χ2n) is 14.8. The maximum atomic E-state index is 2.63. The van der Waals surface area contributed by atoms with Crippen molar-refractivity contribution < 1.29 is 0 Å². The molecule has 2 unspecified atom stereocenters. The number of anilines is 2. The number of allylic oxidation sites excluding steroid dienone is 2. The van der Waals surface area contributed by atoms with Crippen LogP contribution in [0.1, 0.15) is 86.4 Å². The van der Waals surface area contributed by atoms with Crippen molar-refractivity contribution in [3.8, 4) is 0 Å². The average Bonchev–Trinajstić information content (AvgIpc) is 3.76. The Kier molecular flexibility index (Phi) is 9.35. The zero-order valence-electron chi connectivity index (χ0n) is 30.8. The molecule has 1 aliphatic heterocycles. The molecule has 6 aromatic rings. The zero-order chi connectivity index (χ0) is 35.6. The summed E-state index contributed by atoms with van der Waals surface area (Å²) in [5, 5.41) is 0. The number of hydrogen-bond acceptors (Lipinski definition) is 1. The number of rotatable bonds is 8. The van der Waals surface area contributed by atoms with Crippen molar-refractivity contribution in [3.05, 3.63) is 213 Å². The summed E-state index contributed by atoms with van der Waals surface area (Å²) in [4.78, 5) is 2.63. The van der Waals surface area contributed by atoms with E-state index in [4.69, 9.17) is 0 Å².